The Labute approximate surface area is 377 Å². The van der Waals surface area contributed by atoms with Crippen LogP contribution in [0.4, 0.5) is 0 Å². The highest BCUT2D eigenvalue weighted by Crippen LogP contribution is 2.49. The monoisotopic (exact) mass is 828 g/mol. The van der Waals surface area contributed by atoms with Gasteiger partial charge in [-0.25, -0.2) is 0 Å². The lowest BCUT2D eigenvalue weighted by Gasteiger charge is -2.34. The molecule has 0 fully saturated rings. The summed E-state index contributed by atoms with van der Waals surface area (Å²) in [4.78, 5) is 0. The molecule has 0 atom stereocenters. The Morgan fingerprint density at radius 1 is 0.323 bits per heavy atom. The summed E-state index contributed by atoms with van der Waals surface area (Å²) in [5.74, 6) is 0. The fraction of sp³-hybridized carbons (Fsp3) is 0.129. The quantitative estimate of drug-likeness (QED) is 0.106. The Morgan fingerprint density at radius 2 is 0.785 bits per heavy atom. The molecule has 0 N–H and O–H groups in total. The van der Waals surface area contributed by atoms with E-state index in [0.29, 0.717) is 0 Å². The van der Waals surface area contributed by atoms with E-state index in [9.17, 15) is 0 Å². The molecule has 0 spiro atoms. The summed E-state index contributed by atoms with van der Waals surface area (Å²) in [6.07, 6.45) is 0. The molecule has 0 radical (unpaired) electrons. The zero-order valence-corrected chi connectivity index (χ0v) is 37.6. The van der Waals surface area contributed by atoms with Gasteiger partial charge in [0.2, 0.25) is 0 Å². The second-order valence-corrected chi connectivity index (χ2v) is 21.2. The summed E-state index contributed by atoms with van der Waals surface area (Å²) in [6, 6.07) is 63.5. The molecule has 4 heterocycles. The first-order chi connectivity index (χ1) is 31.6. The minimum absolute atomic E-state index is 0.0164. The van der Waals surface area contributed by atoms with Gasteiger partial charge in [0.15, 0.2) is 0 Å². The van der Waals surface area contributed by atoms with Gasteiger partial charge in [0.05, 0.1) is 16.6 Å². The van der Waals surface area contributed by atoms with Gasteiger partial charge in [0.25, 0.3) is 6.71 Å². The summed E-state index contributed by atoms with van der Waals surface area (Å²) in [7, 11) is 0. The van der Waals surface area contributed by atoms with Crippen molar-refractivity contribution >= 4 is 131 Å². The van der Waals surface area contributed by atoms with Gasteiger partial charge in [0.1, 0.15) is 0 Å². The summed E-state index contributed by atoms with van der Waals surface area (Å²) in [5.41, 5.74) is 14.7. The van der Waals surface area contributed by atoms with E-state index in [1.165, 1.54) is 147 Å². The number of benzene rings is 11. The summed E-state index contributed by atoms with van der Waals surface area (Å²) in [6.45, 7) is 14.2. The van der Waals surface area contributed by atoms with E-state index in [2.05, 4.69) is 214 Å². The first kappa shape index (κ1) is 36.0. The molecule has 2 nitrogen and oxygen atoms in total. The van der Waals surface area contributed by atoms with Crippen molar-refractivity contribution in [3.8, 4) is 11.4 Å². The Hall–Kier alpha value is -7.36. The highest BCUT2D eigenvalue weighted by atomic mass is 15.0. The molecule has 0 saturated carbocycles. The molecule has 0 bridgehead atoms. The molecule has 65 heavy (non-hydrogen) atoms. The smallest absolute Gasteiger partial charge is 0.252 e. The van der Waals surface area contributed by atoms with E-state index >= 15 is 0 Å². The zero-order chi connectivity index (χ0) is 43.4. The lowest BCUT2D eigenvalue weighted by Crippen LogP contribution is -2.59. The van der Waals surface area contributed by atoms with Crippen molar-refractivity contribution in [3.63, 3.8) is 0 Å². The van der Waals surface area contributed by atoms with Crippen molar-refractivity contribution in [2.45, 2.75) is 52.4 Å². The first-order valence-electron chi connectivity index (χ1n) is 23.4. The highest BCUT2D eigenvalue weighted by molar-refractivity contribution is 7.00. The Kier molecular flexibility index (Phi) is 6.57. The van der Waals surface area contributed by atoms with Crippen molar-refractivity contribution in [2.75, 3.05) is 0 Å². The fourth-order valence-electron chi connectivity index (χ4n) is 12.8. The van der Waals surface area contributed by atoms with Gasteiger partial charge in [-0.3, -0.25) is 0 Å². The second kappa shape index (κ2) is 11.9. The number of fused-ring (bicyclic) bond motifs is 24. The normalized spacial score (nSPS) is 13.7. The van der Waals surface area contributed by atoms with Crippen LogP contribution in [0, 0.1) is 0 Å². The lowest BCUT2D eigenvalue weighted by molar-refractivity contribution is 0.590. The van der Waals surface area contributed by atoms with Crippen LogP contribution in [0.2, 0.25) is 0 Å². The van der Waals surface area contributed by atoms with Crippen LogP contribution in [-0.2, 0) is 10.8 Å². The van der Waals surface area contributed by atoms with E-state index in [4.69, 9.17) is 0 Å². The minimum Gasteiger partial charge on any atom is -0.310 e. The van der Waals surface area contributed by atoms with Crippen molar-refractivity contribution in [3.05, 3.63) is 175 Å². The third kappa shape index (κ3) is 4.37. The van der Waals surface area contributed by atoms with Crippen LogP contribution < -0.4 is 16.4 Å². The van der Waals surface area contributed by atoms with Crippen LogP contribution in [0.3, 0.4) is 0 Å². The van der Waals surface area contributed by atoms with E-state index in [1.54, 1.807) is 0 Å². The van der Waals surface area contributed by atoms with Gasteiger partial charge in [-0.2, -0.15) is 0 Å². The van der Waals surface area contributed by atoms with Crippen molar-refractivity contribution in [2.24, 2.45) is 0 Å². The number of aromatic nitrogens is 2. The standard InChI is InChI=1S/C62H45BN2/c1-61(2,3)34-26-28-50-45(30-34)47-31-35(62(4,5)6)32-48-59(47)64(50)52-24-15-25-53-58(52)63(48)49-33-46-41-21-10-8-17-37(41)39-19-12-14-23-43(39)55(46)57-56-51(65(53)60(49)57)29-27-44-40-20-9-7-16-36(40)38-18-11-13-22-42(38)54(44)56/h7-33H,1-6H3. The van der Waals surface area contributed by atoms with E-state index in [0.717, 1.165) is 0 Å². The van der Waals surface area contributed by atoms with Gasteiger partial charge < -0.3 is 9.13 Å². The molecular formula is C62H45BN2. The molecule has 3 heteroatoms. The third-order valence-electron chi connectivity index (χ3n) is 15.7. The highest BCUT2D eigenvalue weighted by Gasteiger charge is 2.42. The summed E-state index contributed by atoms with van der Waals surface area (Å²) >= 11 is 0. The summed E-state index contributed by atoms with van der Waals surface area (Å²) < 4.78 is 5.31. The van der Waals surface area contributed by atoms with Crippen LogP contribution >= 0.6 is 0 Å². The van der Waals surface area contributed by atoms with Crippen molar-refractivity contribution in [1.29, 1.82) is 0 Å². The van der Waals surface area contributed by atoms with Crippen LogP contribution in [-0.4, -0.2) is 15.8 Å². The van der Waals surface area contributed by atoms with Gasteiger partial charge >= 0.3 is 0 Å². The number of rotatable bonds is 0. The molecular weight excluding hydrogens is 784 g/mol. The molecule has 15 rings (SSSR count). The lowest BCUT2D eigenvalue weighted by atomic mass is 9.34. The van der Waals surface area contributed by atoms with Gasteiger partial charge in [0, 0.05) is 49.2 Å². The van der Waals surface area contributed by atoms with E-state index in [1.807, 2.05) is 0 Å². The van der Waals surface area contributed by atoms with Crippen LogP contribution in [0.5, 0.6) is 0 Å². The molecule has 2 aliphatic heterocycles. The average molecular weight is 829 g/mol. The predicted molar refractivity (Wildman–Crippen MR) is 282 cm³/mol. The average Bonchev–Trinajstić information content (AvgIpc) is 3.85. The molecule has 11 aromatic carbocycles. The molecule has 13 aromatic rings. The van der Waals surface area contributed by atoms with Gasteiger partial charge in [-0.15, -0.1) is 0 Å². The van der Waals surface area contributed by atoms with E-state index in [-0.39, 0.29) is 17.5 Å². The van der Waals surface area contributed by atoms with Gasteiger partial charge in [-0.1, -0.05) is 169 Å². The van der Waals surface area contributed by atoms with E-state index < -0.39 is 0 Å². The maximum Gasteiger partial charge on any atom is 0.252 e. The second-order valence-electron chi connectivity index (χ2n) is 21.2. The van der Waals surface area contributed by atoms with Crippen LogP contribution in [0.15, 0.2) is 164 Å². The number of hydrogen-bond donors (Lipinski definition) is 0. The number of hydrogen-bond acceptors (Lipinski definition) is 0. The van der Waals surface area contributed by atoms with Crippen LogP contribution in [0.25, 0.3) is 120 Å². The minimum atomic E-state index is -0.0549. The largest absolute Gasteiger partial charge is 0.310 e. The SMILES string of the molecule is CC(C)(C)c1ccc2c(c1)c1cc(C(C)(C)C)cc3c1n2-c1cccc2c1B3c1cc3c4ccccc4c4ccccc4c3c3c4c5c6ccccc6c6ccccc6c5ccc4n-2c13. The van der Waals surface area contributed by atoms with Crippen molar-refractivity contribution < 1.29 is 0 Å². The molecule has 0 saturated heterocycles. The first-order valence-corrected chi connectivity index (χ1v) is 23.4. The third-order valence-corrected chi connectivity index (χ3v) is 15.7. The zero-order valence-electron chi connectivity index (χ0n) is 37.6. The molecule has 0 unspecified atom stereocenters. The number of nitrogens with zero attached hydrogens (tertiary/aromatic N) is 2. The molecule has 0 aliphatic carbocycles. The molecule has 0 amide bonds. The Morgan fingerprint density at radius 3 is 1.37 bits per heavy atom. The molecule has 2 aliphatic rings. The molecule has 2 aromatic heterocycles. The fourth-order valence-corrected chi connectivity index (χ4v) is 12.8. The Bertz CT molecular complexity index is 4340. The Balaban J connectivity index is 1.24. The van der Waals surface area contributed by atoms with Gasteiger partial charge in [-0.05, 0) is 129 Å². The molecule has 306 valence electrons. The predicted octanol–water partition coefficient (Wildman–Crippen LogP) is 14.5. The summed E-state index contributed by atoms with van der Waals surface area (Å²) in [5, 5.41) is 21.2. The topological polar surface area (TPSA) is 9.86 Å². The van der Waals surface area contributed by atoms with Crippen molar-refractivity contribution in [1.82, 2.24) is 9.13 Å². The maximum atomic E-state index is 2.68. The maximum absolute atomic E-state index is 2.68. The van der Waals surface area contributed by atoms with Crippen LogP contribution in [0.1, 0.15) is 52.7 Å².